The SMILES string of the molecule is COc1ccc(F)cc1CC(=O)N1C[C@@H]2CCC[C@H]2[C@H]1C(=O)O. The molecule has 1 heterocycles. The molecular weight excluding hydrogens is 301 g/mol. The Balaban J connectivity index is 1.80. The number of hydrogen-bond donors (Lipinski definition) is 1. The Bertz CT molecular complexity index is 633. The number of amides is 1. The minimum atomic E-state index is -0.945. The van der Waals surface area contributed by atoms with E-state index in [0.29, 0.717) is 17.9 Å². The molecule has 1 amide bonds. The molecule has 0 bridgehead atoms. The van der Waals surface area contributed by atoms with Crippen molar-refractivity contribution >= 4 is 11.9 Å². The standard InChI is InChI=1S/C17H20FNO4/c1-23-14-6-5-12(18)7-11(14)8-15(20)19-9-10-3-2-4-13(10)16(19)17(21)22/h5-7,10,13,16H,2-4,8-9H2,1H3,(H,21,22)/t10-,13+,16-/m0/s1. The summed E-state index contributed by atoms with van der Waals surface area (Å²) in [5.74, 6) is -0.914. The minimum Gasteiger partial charge on any atom is -0.496 e. The van der Waals surface area contributed by atoms with E-state index in [9.17, 15) is 19.1 Å². The monoisotopic (exact) mass is 321 g/mol. The van der Waals surface area contributed by atoms with Crippen LogP contribution < -0.4 is 4.74 Å². The number of rotatable bonds is 4. The van der Waals surface area contributed by atoms with Crippen LogP contribution in [0.15, 0.2) is 18.2 Å². The highest BCUT2D eigenvalue weighted by Crippen LogP contribution is 2.42. The van der Waals surface area contributed by atoms with Crippen molar-refractivity contribution in [1.82, 2.24) is 4.90 Å². The van der Waals surface area contributed by atoms with E-state index in [4.69, 9.17) is 4.74 Å². The molecule has 1 N–H and O–H groups in total. The summed E-state index contributed by atoms with van der Waals surface area (Å²) in [6, 6.07) is 3.26. The van der Waals surface area contributed by atoms with E-state index < -0.39 is 17.8 Å². The number of fused-ring (bicyclic) bond motifs is 1. The zero-order valence-electron chi connectivity index (χ0n) is 13.0. The van der Waals surface area contributed by atoms with Gasteiger partial charge in [-0.15, -0.1) is 0 Å². The molecule has 124 valence electrons. The van der Waals surface area contributed by atoms with Crippen LogP contribution in [0.2, 0.25) is 0 Å². The summed E-state index contributed by atoms with van der Waals surface area (Å²) in [7, 11) is 1.46. The van der Waals surface area contributed by atoms with Crippen molar-refractivity contribution in [3.8, 4) is 5.75 Å². The van der Waals surface area contributed by atoms with Crippen LogP contribution in [0.5, 0.6) is 5.75 Å². The van der Waals surface area contributed by atoms with E-state index >= 15 is 0 Å². The Labute approximate surface area is 134 Å². The van der Waals surface area contributed by atoms with Gasteiger partial charge in [0, 0.05) is 12.1 Å². The van der Waals surface area contributed by atoms with Crippen molar-refractivity contribution in [3.63, 3.8) is 0 Å². The van der Waals surface area contributed by atoms with Gasteiger partial charge in [-0.1, -0.05) is 6.42 Å². The molecule has 1 saturated carbocycles. The molecule has 2 fully saturated rings. The molecule has 5 nitrogen and oxygen atoms in total. The van der Waals surface area contributed by atoms with Crippen LogP contribution >= 0.6 is 0 Å². The predicted molar refractivity (Wildman–Crippen MR) is 80.6 cm³/mol. The average molecular weight is 321 g/mol. The maximum absolute atomic E-state index is 13.4. The van der Waals surface area contributed by atoms with Crippen molar-refractivity contribution < 1.29 is 23.8 Å². The summed E-state index contributed by atoms with van der Waals surface area (Å²) in [6.07, 6.45) is 2.80. The van der Waals surface area contributed by atoms with Gasteiger partial charge in [-0.25, -0.2) is 9.18 Å². The van der Waals surface area contributed by atoms with Gasteiger partial charge in [0.25, 0.3) is 0 Å². The number of nitrogens with zero attached hydrogens (tertiary/aromatic N) is 1. The molecule has 1 aliphatic carbocycles. The number of carboxylic acids is 1. The largest absolute Gasteiger partial charge is 0.496 e. The summed E-state index contributed by atoms with van der Waals surface area (Å²) in [6.45, 7) is 0.484. The lowest BCUT2D eigenvalue weighted by atomic mass is 9.94. The Morgan fingerprint density at radius 3 is 2.87 bits per heavy atom. The van der Waals surface area contributed by atoms with Crippen molar-refractivity contribution in [3.05, 3.63) is 29.6 Å². The van der Waals surface area contributed by atoms with Crippen molar-refractivity contribution in [2.75, 3.05) is 13.7 Å². The van der Waals surface area contributed by atoms with E-state index in [1.54, 1.807) is 0 Å². The first-order valence-corrected chi connectivity index (χ1v) is 7.86. The Kier molecular flexibility index (Phi) is 4.24. The fraction of sp³-hybridized carbons (Fsp3) is 0.529. The Hall–Kier alpha value is -2.11. The smallest absolute Gasteiger partial charge is 0.326 e. The molecule has 1 aromatic rings. The fourth-order valence-electron chi connectivity index (χ4n) is 4.03. The molecule has 6 heteroatoms. The van der Waals surface area contributed by atoms with Crippen LogP contribution in [0.4, 0.5) is 4.39 Å². The molecule has 0 spiro atoms. The first kappa shape index (κ1) is 15.8. The van der Waals surface area contributed by atoms with Gasteiger partial charge in [0.05, 0.1) is 13.5 Å². The Morgan fingerprint density at radius 2 is 2.17 bits per heavy atom. The van der Waals surface area contributed by atoms with E-state index in [2.05, 4.69) is 0 Å². The van der Waals surface area contributed by atoms with Gasteiger partial charge in [0.2, 0.25) is 5.91 Å². The molecular formula is C17H20FNO4. The molecule has 1 aliphatic heterocycles. The van der Waals surface area contributed by atoms with Gasteiger partial charge in [0.1, 0.15) is 17.6 Å². The normalized spacial score (nSPS) is 26.2. The molecule has 1 saturated heterocycles. The van der Waals surface area contributed by atoms with E-state index in [1.807, 2.05) is 0 Å². The van der Waals surface area contributed by atoms with Gasteiger partial charge < -0.3 is 14.7 Å². The summed E-state index contributed by atoms with van der Waals surface area (Å²) in [4.78, 5) is 25.7. The third kappa shape index (κ3) is 2.90. The van der Waals surface area contributed by atoms with Crippen LogP contribution in [0.25, 0.3) is 0 Å². The second-order valence-corrected chi connectivity index (χ2v) is 6.32. The number of carbonyl (C=O) groups is 2. The summed E-state index contributed by atoms with van der Waals surface area (Å²) >= 11 is 0. The lowest BCUT2D eigenvalue weighted by molar-refractivity contribution is -0.149. The second-order valence-electron chi connectivity index (χ2n) is 6.32. The Morgan fingerprint density at radius 1 is 1.39 bits per heavy atom. The van der Waals surface area contributed by atoms with Crippen LogP contribution in [0, 0.1) is 17.7 Å². The topological polar surface area (TPSA) is 66.8 Å². The van der Waals surface area contributed by atoms with Crippen LogP contribution in [-0.4, -0.2) is 41.6 Å². The minimum absolute atomic E-state index is 0.0471. The third-order valence-corrected chi connectivity index (χ3v) is 5.05. The van der Waals surface area contributed by atoms with Gasteiger partial charge in [-0.2, -0.15) is 0 Å². The summed E-state index contributed by atoms with van der Waals surface area (Å²) < 4.78 is 18.6. The number of likely N-dealkylation sites (tertiary alicyclic amines) is 1. The number of carbonyl (C=O) groups excluding carboxylic acids is 1. The molecule has 0 unspecified atom stereocenters. The molecule has 3 rings (SSSR count). The predicted octanol–water partition coefficient (Wildman–Crippen LogP) is 2.09. The number of methoxy groups -OCH3 is 1. The highest BCUT2D eigenvalue weighted by Gasteiger charge is 2.49. The van der Waals surface area contributed by atoms with E-state index in [0.717, 1.165) is 19.3 Å². The van der Waals surface area contributed by atoms with Gasteiger partial charge in [0.15, 0.2) is 0 Å². The lowest BCUT2D eigenvalue weighted by Crippen LogP contribution is -2.44. The maximum atomic E-state index is 13.4. The fourth-order valence-corrected chi connectivity index (χ4v) is 4.03. The zero-order valence-corrected chi connectivity index (χ0v) is 13.0. The number of ether oxygens (including phenoxy) is 1. The average Bonchev–Trinajstić information content (AvgIpc) is 3.07. The zero-order chi connectivity index (χ0) is 16.6. The number of aliphatic carboxylic acids is 1. The highest BCUT2D eigenvalue weighted by molar-refractivity contribution is 5.86. The molecule has 23 heavy (non-hydrogen) atoms. The molecule has 3 atom stereocenters. The number of hydrogen-bond acceptors (Lipinski definition) is 3. The third-order valence-electron chi connectivity index (χ3n) is 5.05. The maximum Gasteiger partial charge on any atom is 0.326 e. The number of halogens is 1. The van der Waals surface area contributed by atoms with Crippen molar-refractivity contribution in [1.29, 1.82) is 0 Å². The number of carboxylic acid groups (broad SMARTS) is 1. The summed E-state index contributed by atoms with van der Waals surface area (Å²) in [5, 5.41) is 9.51. The van der Waals surface area contributed by atoms with Gasteiger partial charge in [-0.05, 0) is 42.9 Å². The summed E-state index contributed by atoms with van der Waals surface area (Å²) in [5.41, 5.74) is 0.443. The van der Waals surface area contributed by atoms with Crippen molar-refractivity contribution in [2.45, 2.75) is 31.7 Å². The first-order valence-electron chi connectivity index (χ1n) is 7.86. The molecule has 1 aromatic carbocycles. The van der Waals surface area contributed by atoms with E-state index in [-0.39, 0.29) is 24.2 Å². The van der Waals surface area contributed by atoms with Crippen LogP contribution in [-0.2, 0) is 16.0 Å². The highest BCUT2D eigenvalue weighted by atomic mass is 19.1. The molecule has 0 aromatic heterocycles. The molecule has 0 radical (unpaired) electrons. The lowest BCUT2D eigenvalue weighted by Gasteiger charge is -2.24. The van der Waals surface area contributed by atoms with Gasteiger partial charge >= 0.3 is 5.97 Å². The first-order chi connectivity index (χ1) is 11.0. The molecule has 2 aliphatic rings. The van der Waals surface area contributed by atoms with Crippen LogP contribution in [0.1, 0.15) is 24.8 Å². The second kappa shape index (κ2) is 6.18. The van der Waals surface area contributed by atoms with Gasteiger partial charge in [-0.3, -0.25) is 4.79 Å². The van der Waals surface area contributed by atoms with E-state index in [1.165, 1.54) is 30.2 Å². The number of benzene rings is 1. The van der Waals surface area contributed by atoms with Crippen LogP contribution in [0.3, 0.4) is 0 Å². The quantitative estimate of drug-likeness (QED) is 0.922. The van der Waals surface area contributed by atoms with Crippen molar-refractivity contribution in [2.24, 2.45) is 11.8 Å².